The number of fused-ring (bicyclic) bond motifs is 3. The number of ketones is 1. The first-order chi connectivity index (χ1) is 10.8. The van der Waals surface area contributed by atoms with E-state index in [2.05, 4.69) is 18.8 Å². The van der Waals surface area contributed by atoms with Gasteiger partial charge in [-0.15, -0.1) is 0 Å². The van der Waals surface area contributed by atoms with Crippen LogP contribution in [-0.4, -0.2) is 28.9 Å². The van der Waals surface area contributed by atoms with Crippen molar-refractivity contribution >= 4 is 26.8 Å². The average Bonchev–Trinajstić information content (AvgIpc) is 3.07. The van der Waals surface area contributed by atoms with Gasteiger partial charge in [0, 0.05) is 6.42 Å². The highest BCUT2D eigenvalue weighted by Crippen LogP contribution is 2.64. The Morgan fingerprint density at radius 2 is 2.04 bits per heavy atom. The molecular weight excluding hydrogens is 312 g/mol. The fourth-order valence-corrected chi connectivity index (χ4v) is 6.73. The summed E-state index contributed by atoms with van der Waals surface area (Å²) in [6, 6.07) is 7.16. The van der Waals surface area contributed by atoms with E-state index in [-0.39, 0.29) is 17.0 Å². The van der Waals surface area contributed by atoms with Crippen molar-refractivity contribution in [3.8, 4) is 0 Å². The predicted octanol–water partition coefficient (Wildman–Crippen LogP) is 2.61. The van der Waals surface area contributed by atoms with Crippen molar-refractivity contribution in [2.75, 3.05) is 5.75 Å². The molecule has 0 N–H and O–H groups in total. The van der Waals surface area contributed by atoms with Crippen LogP contribution in [0.15, 0.2) is 30.6 Å². The molecule has 1 aromatic heterocycles. The summed E-state index contributed by atoms with van der Waals surface area (Å²) in [5.74, 6) is 0.305. The summed E-state index contributed by atoms with van der Waals surface area (Å²) in [5, 5.41) is 0. The minimum Gasteiger partial charge on any atom is -0.299 e. The fraction of sp³-hybridized carbons (Fsp3) is 0.529. The van der Waals surface area contributed by atoms with Crippen LogP contribution >= 0.6 is 0 Å². The fourth-order valence-electron chi connectivity index (χ4n) is 4.65. The van der Waals surface area contributed by atoms with Gasteiger partial charge in [0.25, 0.3) is 0 Å². The number of hydrogen-bond acceptors (Lipinski definition) is 4. The first kappa shape index (κ1) is 14.9. The van der Waals surface area contributed by atoms with Crippen LogP contribution in [-0.2, 0) is 14.8 Å². The van der Waals surface area contributed by atoms with E-state index in [1.165, 1.54) is 10.3 Å². The van der Waals surface area contributed by atoms with Crippen LogP contribution in [0.5, 0.6) is 0 Å². The molecule has 2 saturated carbocycles. The molecule has 4 rings (SSSR count). The van der Waals surface area contributed by atoms with Gasteiger partial charge in [-0.3, -0.25) is 4.79 Å². The van der Waals surface area contributed by atoms with Crippen LogP contribution in [0.25, 0.3) is 11.0 Å². The Labute approximate surface area is 135 Å². The highest BCUT2D eigenvalue weighted by atomic mass is 32.2. The largest absolute Gasteiger partial charge is 0.299 e. The number of carbonyl (C=O) groups is 1. The van der Waals surface area contributed by atoms with Gasteiger partial charge in [0.15, 0.2) is 0 Å². The summed E-state index contributed by atoms with van der Waals surface area (Å²) in [6.45, 7) is 4.11. The van der Waals surface area contributed by atoms with Crippen molar-refractivity contribution in [3.05, 3.63) is 30.6 Å². The lowest BCUT2D eigenvalue weighted by molar-refractivity contribution is -0.128. The molecule has 1 aromatic carbocycles. The Morgan fingerprint density at radius 1 is 1.30 bits per heavy atom. The lowest BCUT2D eigenvalue weighted by Gasteiger charge is -2.36. The van der Waals surface area contributed by atoms with Gasteiger partial charge in [0.1, 0.15) is 12.1 Å². The summed E-state index contributed by atoms with van der Waals surface area (Å²) in [4.78, 5) is 16.8. The smallest absolute Gasteiger partial charge is 0.241 e. The summed E-state index contributed by atoms with van der Waals surface area (Å²) < 4.78 is 27.3. The average molecular weight is 332 g/mol. The van der Waals surface area contributed by atoms with Crippen LogP contribution < -0.4 is 0 Å². The number of benzene rings is 1. The summed E-state index contributed by atoms with van der Waals surface area (Å²) in [5.41, 5.74) is 0.215. The summed E-state index contributed by atoms with van der Waals surface area (Å²) >= 11 is 0. The van der Waals surface area contributed by atoms with Crippen molar-refractivity contribution < 1.29 is 13.2 Å². The van der Waals surface area contributed by atoms with E-state index in [0.29, 0.717) is 29.8 Å². The van der Waals surface area contributed by atoms with Crippen LogP contribution in [0.2, 0.25) is 0 Å². The van der Waals surface area contributed by atoms with Gasteiger partial charge in [-0.05, 0) is 36.3 Å². The molecule has 2 fully saturated rings. The highest BCUT2D eigenvalue weighted by molar-refractivity contribution is 7.90. The van der Waals surface area contributed by atoms with Crippen LogP contribution in [0.3, 0.4) is 0 Å². The highest BCUT2D eigenvalue weighted by Gasteiger charge is 2.65. The summed E-state index contributed by atoms with van der Waals surface area (Å²) in [6.07, 6.45) is 3.50. The number of hydrogen-bond donors (Lipinski definition) is 0. The Morgan fingerprint density at radius 3 is 2.70 bits per heavy atom. The molecule has 2 aliphatic carbocycles. The van der Waals surface area contributed by atoms with Crippen molar-refractivity contribution in [3.63, 3.8) is 0 Å². The Bertz CT molecular complexity index is 913. The van der Waals surface area contributed by atoms with E-state index in [1.54, 1.807) is 18.2 Å². The van der Waals surface area contributed by atoms with Gasteiger partial charge in [0.05, 0.1) is 22.2 Å². The topological polar surface area (TPSA) is 69.0 Å². The zero-order valence-corrected chi connectivity index (χ0v) is 14.1. The van der Waals surface area contributed by atoms with Crippen molar-refractivity contribution in [2.24, 2.45) is 16.7 Å². The van der Waals surface area contributed by atoms with E-state index < -0.39 is 15.4 Å². The molecule has 6 heteroatoms. The number of carbonyl (C=O) groups excluding carboxylic acids is 1. The van der Waals surface area contributed by atoms with Crippen LogP contribution in [0.4, 0.5) is 0 Å². The van der Waals surface area contributed by atoms with Gasteiger partial charge in [-0.2, -0.15) is 0 Å². The quantitative estimate of drug-likeness (QED) is 0.866. The molecule has 0 aliphatic heterocycles. The Hall–Kier alpha value is -1.69. The first-order valence-electron chi connectivity index (χ1n) is 7.97. The van der Waals surface area contributed by atoms with Gasteiger partial charge in [-0.1, -0.05) is 26.0 Å². The molecule has 2 bridgehead atoms. The number of Topliss-reactive ketones (excluding diaryl/α,β-unsaturated/α-hetero) is 1. The van der Waals surface area contributed by atoms with E-state index in [9.17, 15) is 13.2 Å². The zero-order chi connectivity index (χ0) is 16.5. The first-order valence-corrected chi connectivity index (χ1v) is 9.57. The Kier molecular flexibility index (Phi) is 2.87. The second-order valence-electron chi connectivity index (χ2n) is 7.45. The molecule has 2 aromatic rings. The molecule has 0 radical (unpaired) electrons. The molecule has 1 heterocycles. The third-order valence-electron chi connectivity index (χ3n) is 6.29. The molecule has 0 spiro atoms. The molecule has 0 amide bonds. The maximum atomic E-state index is 13.0. The lowest BCUT2D eigenvalue weighted by atomic mass is 9.70. The molecule has 2 atom stereocenters. The van der Waals surface area contributed by atoms with E-state index >= 15 is 0 Å². The third kappa shape index (κ3) is 1.81. The van der Waals surface area contributed by atoms with Crippen molar-refractivity contribution in [2.45, 2.75) is 33.1 Å². The predicted molar refractivity (Wildman–Crippen MR) is 87.5 cm³/mol. The number of nitrogens with zero attached hydrogens (tertiary/aromatic N) is 2. The molecule has 23 heavy (non-hydrogen) atoms. The number of para-hydroxylation sites is 2. The maximum Gasteiger partial charge on any atom is 0.241 e. The van der Waals surface area contributed by atoms with Crippen molar-refractivity contribution in [1.82, 2.24) is 8.96 Å². The van der Waals surface area contributed by atoms with Crippen molar-refractivity contribution in [1.29, 1.82) is 0 Å². The van der Waals surface area contributed by atoms with Gasteiger partial charge in [0.2, 0.25) is 10.0 Å². The number of rotatable bonds is 3. The number of aromatic nitrogens is 2. The molecule has 0 unspecified atom stereocenters. The monoisotopic (exact) mass is 332 g/mol. The van der Waals surface area contributed by atoms with Crippen LogP contribution in [0.1, 0.15) is 33.1 Å². The van der Waals surface area contributed by atoms with E-state index in [4.69, 9.17) is 0 Å². The van der Waals surface area contributed by atoms with Gasteiger partial charge < -0.3 is 0 Å². The van der Waals surface area contributed by atoms with Gasteiger partial charge in [-0.25, -0.2) is 17.4 Å². The third-order valence-corrected chi connectivity index (χ3v) is 8.04. The second kappa shape index (κ2) is 4.44. The normalized spacial score (nSPS) is 29.5. The molecular formula is C17H20N2O3S. The SMILES string of the molecule is CC1(C)[C@H]2CC[C@@]1(CS(=O)(=O)n1cnc3ccccc31)C(=O)C2. The standard InChI is InChI=1S/C17H20N2O3S/c1-16(2)12-7-8-17(16,15(20)9-12)10-23(21,22)19-11-18-13-5-3-4-6-14(13)19/h3-6,11-12H,7-10H2,1-2H3/t12-,17+/m0/s1. The molecule has 122 valence electrons. The Balaban J connectivity index is 1.80. The van der Waals surface area contributed by atoms with E-state index in [1.807, 2.05) is 6.07 Å². The summed E-state index contributed by atoms with van der Waals surface area (Å²) in [7, 11) is -3.64. The number of imidazole rings is 1. The molecule has 2 aliphatic rings. The zero-order valence-electron chi connectivity index (χ0n) is 13.3. The van der Waals surface area contributed by atoms with Gasteiger partial charge >= 0.3 is 0 Å². The second-order valence-corrected chi connectivity index (χ2v) is 9.30. The maximum absolute atomic E-state index is 13.0. The van der Waals surface area contributed by atoms with Crippen LogP contribution in [0, 0.1) is 16.7 Å². The van der Waals surface area contributed by atoms with E-state index in [0.717, 1.165) is 6.42 Å². The minimum atomic E-state index is -3.64. The lowest BCUT2D eigenvalue weighted by Crippen LogP contribution is -2.43. The molecule has 0 saturated heterocycles. The molecule has 5 nitrogen and oxygen atoms in total. The minimum absolute atomic E-state index is 0.117.